The molecule has 0 bridgehead atoms. The van der Waals surface area contributed by atoms with E-state index < -0.39 is 11.9 Å². The second kappa shape index (κ2) is 6.50. The van der Waals surface area contributed by atoms with Gasteiger partial charge < -0.3 is 9.64 Å². The predicted molar refractivity (Wildman–Crippen MR) is 73.3 cm³/mol. The molecule has 0 unspecified atom stereocenters. The van der Waals surface area contributed by atoms with E-state index in [-0.39, 0.29) is 36.7 Å². The number of esters is 1. The van der Waals surface area contributed by atoms with Gasteiger partial charge in [0.2, 0.25) is 5.95 Å². The van der Waals surface area contributed by atoms with Crippen molar-refractivity contribution in [2.24, 2.45) is 5.92 Å². The zero-order valence-corrected chi connectivity index (χ0v) is 12.5. The fourth-order valence-corrected chi connectivity index (χ4v) is 2.45. The molecular weight excluding hydrogens is 299 g/mol. The van der Waals surface area contributed by atoms with Gasteiger partial charge in [-0.1, -0.05) is 0 Å². The molecule has 1 fully saturated rings. The molecule has 1 aromatic heterocycles. The van der Waals surface area contributed by atoms with E-state index in [1.165, 1.54) is 6.92 Å². The minimum absolute atomic E-state index is 0.0151. The summed E-state index contributed by atoms with van der Waals surface area (Å²) in [6.07, 6.45) is -3.17. The third-order valence-electron chi connectivity index (χ3n) is 3.46. The van der Waals surface area contributed by atoms with Crippen molar-refractivity contribution >= 4 is 11.9 Å². The third-order valence-corrected chi connectivity index (χ3v) is 3.46. The zero-order chi connectivity index (χ0) is 16.3. The van der Waals surface area contributed by atoms with Crippen molar-refractivity contribution in [1.29, 1.82) is 0 Å². The van der Waals surface area contributed by atoms with Crippen LogP contribution in [-0.4, -0.2) is 35.6 Å². The highest BCUT2D eigenvalue weighted by atomic mass is 19.4. The van der Waals surface area contributed by atoms with Crippen molar-refractivity contribution in [3.63, 3.8) is 0 Å². The quantitative estimate of drug-likeness (QED) is 0.802. The van der Waals surface area contributed by atoms with Gasteiger partial charge in [0.1, 0.15) is 5.69 Å². The maximum Gasteiger partial charge on any atom is 0.433 e. The summed E-state index contributed by atoms with van der Waals surface area (Å²) in [6, 6.07) is 0.913. The van der Waals surface area contributed by atoms with Crippen molar-refractivity contribution in [1.82, 2.24) is 9.97 Å². The minimum Gasteiger partial charge on any atom is -0.466 e. The van der Waals surface area contributed by atoms with Crippen LogP contribution in [0.1, 0.15) is 31.2 Å². The number of rotatable bonds is 3. The Morgan fingerprint density at radius 2 is 2.18 bits per heavy atom. The fraction of sp³-hybridized carbons (Fsp3) is 0.643. The number of ether oxygens (including phenoxy) is 1. The Morgan fingerprint density at radius 3 is 2.82 bits per heavy atom. The van der Waals surface area contributed by atoms with Crippen LogP contribution in [0.15, 0.2) is 6.07 Å². The topological polar surface area (TPSA) is 55.3 Å². The molecule has 22 heavy (non-hydrogen) atoms. The molecule has 1 aliphatic heterocycles. The highest BCUT2D eigenvalue weighted by Gasteiger charge is 2.35. The van der Waals surface area contributed by atoms with Gasteiger partial charge in [0, 0.05) is 18.8 Å². The van der Waals surface area contributed by atoms with Crippen molar-refractivity contribution < 1.29 is 22.7 Å². The lowest BCUT2D eigenvalue weighted by atomic mass is 9.98. The number of alkyl halides is 3. The maximum absolute atomic E-state index is 12.8. The second-order valence-corrected chi connectivity index (χ2v) is 5.23. The van der Waals surface area contributed by atoms with Crippen LogP contribution in [0.25, 0.3) is 0 Å². The first kappa shape index (κ1) is 16.5. The van der Waals surface area contributed by atoms with E-state index in [1.54, 1.807) is 11.8 Å². The summed E-state index contributed by atoms with van der Waals surface area (Å²) in [6.45, 7) is 4.30. The molecule has 1 saturated heterocycles. The lowest BCUT2D eigenvalue weighted by Gasteiger charge is -2.31. The van der Waals surface area contributed by atoms with Crippen molar-refractivity contribution in [3.05, 3.63) is 17.5 Å². The molecule has 0 radical (unpaired) electrons. The van der Waals surface area contributed by atoms with E-state index >= 15 is 0 Å². The molecule has 0 amide bonds. The number of aryl methyl sites for hydroxylation is 1. The maximum atomic E-state index is 12.8. The summed E-state index contributed by atoms with van der Waals surface area (Å²) < 4.78 is 43.5. The Balaban J connectivity index is 2.20. The van der Waals surface area contributed by atoms with Crippen molar-refractivity contribution in [2.45, 2.75) is 32.9 Å². The van der Waals surface area contributed by atoms with Gasteiger partial charge >= 0.3 is 12.1 Å². The molecule has 0 aliphatic carbocycles. The van der Waals surface area contributed by atoms with Gasteiger partial charge in [-0.3, -0.25) is 4.79 Å². The molecule has 0 N–H and O–H groups in total. The molecule has 5 nitrogen and oxygen atoms in total. The van der Waals surface area contributed by atoms with Crippen LogP contribution in [0.5, 0.6) is 0 Å². The summed E-state index contributed by atoms with van der Waals surface area (Å²) >= 11 is 0. The van der Waals surface area contributed by atoms with E-state index in [0.717, 1.165) is 6.07 Å². The monoisotopic (exact) mass is 317 g/mol. The van der Waals surface area contributed by atoms with Crippen molar-refractivity contribution in [2.75, 3.05) is 24.6 Å². The summed E-state index contributed by atoms with van der Waals surface area (Å²) in [7, 11) is 0. The number of carbonyl (C=O) groups excluding carboxylic acids is 1. The van der Waals surface area contributed by atoms with Gasteiger partial charge in [-0.2, -0.15) is 13.2 Å². The summed E-state index contributed by atoms with van der Waals surface area (Å²) in [5.41, 5.74) is -0.719. The van der Waals surface area contributed by atoms with Gasteiger partial charge in [-0.05, 0) is 32.8 Å². The zero-order valence-electron chi connectivity index (χ0n) is 12.5. The van der Waals surface area contributed by atoms with Crippen LogP contribution < -0.4 is 4.90 Å². The van der Waals surface area contributed by atoms with E-state index in [4.69, 9.17) is 4.74 Å². The van der Waals surface area contributed by atoms with Crippen LogP contribution in [0, 0.1) is 12.8 Å². The van der Waals surface area contributed by atoms with E-state index in [1.807, 2.05) is 0 Å². The molecular formula is C14H18F3N3O2. The van der Waals surface area contributed by atoms with Crippen LogP contribution in [-0.2, 0) is 15.7 Å². The molecule has 1 aliphatic rings. The first-order valence-electron chi connectivity index (χ1n) is 7.15. The molecule has 1 atom stereocenters. The minimum atomic E-state index is -4.52. The van der Waals surface area contributed by atoms with E-state index in [9.17, 15) is 18.0 Å². The predicted octanol–water partition coefficient (Wildman–Crippen LogP) is 2.58. The highest BCUT2D eigenvalue weighted by molar-refractivity contribution is 5.73. The molecule has 2 rings (SSSR count). The Bertz CT molecular complexity index is 549. The molecule has 2 heterocycles. The molecule has 0 spiro atoms. The number of carbonyl (C=O) groups is 1. The first-order valence-corrected chi connectivity index (χ1v) is 7.15. The lowest BCUT2D eigenvalue weighted by molar-refractivity contribution is -0.148. The number of halogens is 3. The highest BCUT2D eigenvalue weighted by Crippen LogP contribution is 2.30. The van der Waals surface area contributed by atoms with Crippen LogP contribution in [0.3, 0.4) is 0 Å². The molecule has 8 heteroatoms. The number of hydrogen-bond acceptors (Lipinski definition) is 5. The SMILES string of the molecule is CCOC(=O)[C@H]1CCCN(c2nc(C)cc(C(F)(F)F)n2)C1. The Morgan fingerprint density at radius 1 is 1.45 bits per heavy atom. The number of nitrogens with zero attached hydrogens (tertiary/aromatic N) is 3. The average Bonchev–Trinajstić information content (AvgIpc) is 2.46. The molecule has 0 saturated carbocycles. The largest absolute Gasteiger partial charge is 0.466 e. The van der Waals surface area contributed by atoms with E-state index in [0.29, 0.717) is 19.4 Å². The number of anilines is 1. The smallest absolute Gasteiger partial charge is 0.433 e. The molecule has 1 aromatic rings. The van der Waals surface area contributed by atoms with E-state index in [2.05, 4.69) is 9.97 Å². The van der Waals surface area contributed by atoms with Crippen LogP contribution in [0.4, 0.5) is 19.1 Å². The van der Waals surface area contributed by atoms with Gasteiger partial charge in [-0.15, -0.1) is 0 Å². The van der Waals surface area contributed by atoms with Crippen molar-refractivity contribution in [3.8, 4) is 0 Å². The van der Waals surface area contributed by atoms with Crippen LogP contribution >= 0.6 is 0 Å². The van der Waals surface area contributed by atoms with Gasteiger partial charge in [0.15, 0.2) is 0 Å². The van der Waals surface area contributed by atoms with Crippen LogP contribution in [0.2, 0.25) is 0 Å². The number of hydrogen-bond donors (Lipinski definition) is 0. The van der Waals surface area contributed by atoms with Gasteiger partial charge in [-0.25, -0.2) is 9.97 Å². The number of piperidine rings is 1. The summed E-state index contributed by atoms with van der Waals surface area (Å²) in [4.78, 5) is 21.1. The normalized spacial score (nSPS) is 19.1. The summed E-state index contributed by atoms with van der Waals surface area (Å²) in [5.74, 6) is -0.663. The van der Waals surface area contributed by atoms with Gasteiger partial charge in [0.05, 0.1) is 12.5 Å². The van der Waals surface area contributed by atoms with Gasteiger partial charge in [0.25, 0.3) is 0 Å². The Labute approximate surface area is 126 Å². The second-order valence-electron chi connectivity index (χ2n) is 5.23. The average molecular weight is 317 g/mol. The first-order chi connectivity index (χ1) is 10.3. The molecule has 122 valence electrons. The summed E-state index contributed by atoms with van der Waals surface area (Å²) in [5, 5.41) is 0. The fourth-order valence-electron chi connectivity index (χ4n) is 2.45. The number of aromatic nitrogens is 2. The molecule has 0 aromatic carbocycles. The Kier molecular flexibility index (Phi) is 4.87. The Hall–Kier alpha value is -1.86. The lowest BCUT2D eigenvalue weighted by Crippen LogP contribution is -2.40. The third kappa shape index (κ3) is 3.86. The standard InChI is InChI=1S/C14H18F3N3O2/c1-3-22-12(21)10-5-4-6-20(8-10)13-18-9(2)7-11(19-13)14(15,16)17/h7,10H,3-6,8H2,1-2H3/t10-/m0/s1.